The SMILES string of the molecule is Cc1cc(-c2ccccc2)nc2c(CC(=O)N3CCC(C)CC3)cnn12. The molecule has 1 fully saturated rings. The zero-order valence-corrected chi connectivity index (χ0v) is 15.4. The van der Waals surface area contributed by atoms with E-state index in [-0.39, 0.29) is 5.91 Å². The number of carbonyl (C=O) groups is 1. The lowest BCUT2D eigenvalue weighted by molar-refractivity contribution is -0.131. The summed E-state index contributed by atoms with van der Waals surface area (Å²) < 4.78 is 1.83. The Morgan fingerprint density at radius 1 is 1.19 bits per heavy atom. The first-order valence-electron chi connectivity index (χ1n) is 9.29. The van der Waals surface area contributed by atoms with Gasteiger partial charge in [0.05, 0.1) is 18.3 Å². The molecule has 1 aliphatic heterocycles. The molecule has 5 nitrogen and oxygen atoms in total. The van der Waals surface area contributed by atoms with Crippen LogP contribution in [0.1, 0.15) is 31.0 Å². The van der Waals surface area contributed by atoms with Crippen molar-refractivity contribution in [2.45, 2.75) is 33.1 Å². The van der Waals surface area contributed by atoms with Gasteiger partial charge in [-0.05, 0) is 31.7 Å². The lowest BCUT2D eigenvalue weighted by Gasteiger charge is -2.30. The van der Waals surface area contributed by atoms with Crippen molar-refractivity contribution >= 4 is 11.6 Å². The zero-order chi connectivity index (χ0) is 18.1. The first-order chi connectivity index (χ1) is 12.6. The Balaban J connectivity index is 1.63. The van der Waals surface area contributed by atoms with Gasteiger partial charge < -0.3 is 4.90 Å². The monoisotopic (exact) mass is 348 g/mol. The fraction of sp³-hybridized carbons (Fsp3) is 0.381. The van der Waals surface area contributed by atoms with E-state index in [9.17, 15) is 4.79 Å². The summed E-state index contributed by atoms with van der Waals surface area (Å²) >= 11 is 0. The summed E-state index contributed by atoms with van der Waals surface area (Å²) in [5.74, 6) is 0.894. The number of rotatable bonds is 3. The maximum Gasteiger partial charge on any atom is 0.227 e. The highest BCUT2D eigenvalue weighted by atomic mass is 16.2. The number of aryl methyl sites for hydroxylation is 1. The van der Waals surface area contributed by atoms with Gasteiger partial charge in [0.25, 0.3) is 0 Å². The predicted molar refractivity (Wildman–Crippen MR) is 102 cm³/mol. The largest absolute Gasteiger partial charge is 0.342 e. The maximum absolute atomic E-state index is 12.7. The van der Waals surface area contributed by atoms with Gasteiger partial charge in [-0.15, -0.1) is 0 Å². The van der Waals surface area contributed by atoms with Crippen LogP contribution in [0.2, 0.25) is 0 Å². The summed E-state index contributed by atoms with van der Waals surface area (Å²) in [4.78, 5) is 19.5. The number of likely N-dealkylation sites (tertiary alicyclic amines) is 1. The van der Waals surface area contributed by atoms with Gasteiger partial charge in [0.1, 0.15) is 0 Å². The topological polar surface area (TPSA) is 50.5 Å². The Morgan fingerprint density at radius 2 is 1.92 bits per heavy atom. The van der Waals surface area contributed by atoms with Gasteiger partial charge >= 0.3 is 0 Å². The van der Waals surface area contributed by atoms with Gasteiger partial charge in [-0.25, -0.2) is 9.50 Å². The summed E-state index contributed by atoms with van der Waals surface area (Å²) in [6.45, 7) is 6.00. The Hall–Kier alpha value is -2.69. The van der Waals surface area contributed by atoms with E-state index in [2.05, 4.69) is 12.0 Å². The second-order valence-corrected chi connectivity index (χ2v) is 7.29. The van der Waals surface area contributed by atoms with Crippen molar-refractivity contribution in [1.82, 2.24) is 19.5 Å². The lowest BCUT2D eigenvalue weighted by Crippen LogP contribution is -2.38. The molecule has 5 heteroatoms. The molecule has 3 heterocycles. The smallest absolute Gasteiger partial charge is 0.227 e. The third-order valence-electron chi connectivity index (χ3n) is 5.27. The van der Waals surface area contributed by atoms with Gasteiger partial charge in [0, 0.05) is 29.9 Å². The molecule has 0 N–H and O–H groups in total. The second-order valence-electron chi connectivity index (χ2n) is 7.29. The van der Waals surface area contributed by atoms with E-state index in [0.29, 0.717) is 12.3 Å². The Morgan fingerprint density at radius 3 is 2.65 bits per heavy atom. The fourth-order valence-electron chi connectivity index (χ4n) is 3.57. The minimum Gasteiger partial charge on any atom is -0.342 e. The van der Waals surface area contributed by atoms with Gasteiger partial charge in [-0.2, -0.15) is 5.10 Å². The molecule has 0 bridgehead atoms. The van der Waals surface area contributed by atoms with Crippen molar-refractivity contribution in [2.24, 2.45) is 5.92 Å². The molecule has 1 aromatic carbocycles. The first kappa shape index (κ1) is 16.8. The Bertz CT molecular complexity index is 924. The minimum atomic E-state index is 0.177. The quantitative estimate of drug-likeness (QED) is 0.728. The third-order valence-corrected chi connectivity index (χ3v) is 5.27. The molecule has 0 saturated carbocycles. The zero-order valence-electron chi connectivity index (χ0n) is 15.4. The molecule has 0 unspecified atom stereocenters. The van der Waals surface area contributed by atoms with E-state index in [4.69, 9.17) is 4.98 Å². The van der Waals surface area contributed by atoms with Crippen LogP contribution in [0.5, 0.6) is 0 Å². The number of hydrogen-bond acceptors (Lipinski definition) is 3. The van der Waals surface area contributed by atoms with E-state index in [1.807, 2.05) is 52.7 Å². The van der Waals surface area contributed by atoms with Crippen molar-refractivity contribution < 1.29 is 4.79 Å². The minimum absolute atomic E-state index is 0.177. The first-order valence-corrected chi connectivity index (χ1v) is 9.29. The highest BCUT2D eigenvalue weighted by Crippen LogP contribution is 2.22. The third kappa shape index (κ3) is 3.21. The highest BCUT2D eigenvalue weighted by Gasteiger charge is 2.22. The molecular formula is C21H24N4O. The number of aromatic nitrogens is 3. The van der Waals surface area contributed by atoms with E-state index >= 15 is 0 Å². The Kier molecular flexibility index (Phi) is 4.45. The summed E-state index contributed by atoms with van der Waals surface area (Å²) in [6.07, 6.45) is 4.34. The van der Waals surface area contributed by atoms with Crippen molar-refractivity contribution in [1.29, 1.82) is 0 Å². The Labute approximate surface area is 153 Å². The molecular weight excluding hydrogens is 324 g/mol. The molecule has 134 valence electrons. The van der Waals surface area contributed by atoms with Gasteiger partial charge in [-0.1, -0.05) is 37.3 Å². The molecule has 1 amide bonds. The number of hydrogen-bond donors (Lipinski definition) is 0. The van der Waals surface area contributed by atoms with Crippen molar-refractivity contribution in [3.05, 3.63) is 53.9 Å². The summed E-state index contributed by atoms with van der Waals surface area (Å²) in [6, 6.07) is 12.1. The number of nitrogens with zero attached hydrogens (tertiary/aromatic N) is 4. The van der Waals surface area contributed by atoms with E-state index in [0.717, 1.165) is 54.1 Å². The van der Waals surface area contributed by atoms with Crippen LogP contribution in [0, 0.1) is 12.8 Å². The van der Waals surface area contributed by atoms with Gasteiger partial charge in [-0.3, -0.25) is 4.79 Å². The summed E-state index contributed by atoms with van der Waals surface area (Å²) in [5, 5.41) is 4.45. The van der Waals surface area contributed by atoms with Crippen molar-refractivity contribution in [3.63, 3.8) is 0 Å². The molecule has 0 radical (unpaired) electrons. The molecule has 4 rings (SSSR count). The number of piperidine rings is 1. The fourth-order valence-corrected chi connectivity index (χ4v) is 3.57. The van der Waals surface area contributed by atoms with Crippen molar-refractivity contribution in [2.75, 3.05) is 13.1 Å². The molecule has 1 aliphatic rings. The van der Waals surface area contributed by atoms with Crippen molar-refractivity contribution in [3.8, 4) is 11.3 Å². The van der Waals surface area contributed by atoms with Gasteiger partial charge in [0.2, 0.25) is 5.91 Å². The second kappa shape index (κ2) is 6.90. The average Bonchev–Trinajstić information content (AvgIpc) is 3.06. The van der Waals surface area contributed by atoms with Crippen LogP contribution >= 0.6 is 0 Å². The lowest BCUT2D eigenvalue weighted by atomic mass is 9.99. The highest BCUT2D eigenvalue weighted by molar-refractivity contribution is 5.81. The molecule has 26 heavy (non-hydrogen) atoms. The predicted octanol–water partition coefficient (Wildman–Crippen LogP) is 3.51. The van der Waals surface area contributed by atoms with Crippen LogP contribution < -0.4 is 0 Å². The standard InChI is InChI=1S/C21H24N4O/c1-15-8-10-24(11-9-15)20(26)13-18-14-22-25-16(2)12-19(23-21(18)25)17-6-4-3-5-7-17/h3-7,12,14-15H,8-11,13H2,1-2H3. The van der Waals surface area contributed by atoms with E-state index in [1.165, 1.54) is 0 Å². The molecule has 2 aromatic heterocycles. The van der Waals surface area contributed by atoms with E-state index in [1.54, 1.807) is 6.20 Å². The molecule has 0 spiro atoms. The maximum atomic E-state index is 12.7. The number of fused-ring (bicyclic) bond motifs is 1. The number of benzene rings is 1. The van der Waals surface area contributed by atoms with Crippen LogP contribution in [0.3, 0.4) is 0 Å². The molecule has 1 saturated heterocycles. The van der Waals surface area contributed by atoms with Gasteiger partial charge in [0.15, 0.2) is 5.65 Å². The molecule has 0 aliphatic carbocycles. The van der Waals surface area contributed by atoms with Crippen LogP contribution in [-0.2, 0) is 11.2 Å². The summed E-state index contributed by atoms with van der Waals surface area (Å²) in [5.41, 5.74) is 4.68. The average molecular weight is 348 g/mol. The summed E-state index contributed by atoms with van der Waals surface area (Å²) in [7, 11) is 0. The van der Waals surface area contributed by atoms with Crippen LogP contribution in [0.4, 0.5) is 0 Å². The molecule has 0 atom stereocenters. The van der Waals surface area contributed by atoms with Crippen LogP contribution in [0.15, 0.2) is 42.6 Å². The normalized spacial score (nSPS) is 15.5. The van der Waals surface area contributed by atoms with Crippen LogP contribution in [0.25, 0.3) is 16.9 Å². The molecule has 3 aromatic rings. The van der Waals surface area contributed by atoms with Crippen LogP contribution in [-0.4, -0.2) is 38.5 Å². The number of carbonyl (C=O) groups excluding carboxylic acids is 1. The number of amides is 1. The van der Waals surface area contributed by atoms with E-state index < -0.39 is 0 Å².